The van der Waals surface area contributed by atoms with Gasteiger partial charge in [0.25, 0.3) is 0 Å². The second-order valence-corrected chi connectivity index (χ2v) is 6.65. The van der Waals surface area contributed by atoms with Gasteiger partial charge in [-0.05, 0) is 24.6 Å². The van der Waals surface area contributed by atoms with E-state index in [1.165, 1.54) is 5.56 Å². The van der Waals surface area contributed by atoms with Gasteiger partial charge in [0.05, 0.1) is 17.7 Å². The number of methoxy groups -OCH3 is 1. The van der Waals surface area contributed by atoms with Crippen molar-refractivity contribution in [3.63, 3.8) is 0 Å². The molecule has 0 spiro atoms. The fraction of sp³-hybridized carbons (Fsp3) is 0.235. The molecule has 1 aliphatic heterocycles. The minimum Gasteiger partial charge on any atom is -0.364 e. The van der Waals surface area contributed by atoms with Crippen LogP contribution in [0.15, 0.2) is 53.0 Å². The summed E-state index contributed by atoms with van der Waals surface area (Å²) in [6.45, 7) is 3.22. The molecule has 122 valence electrons. The van der Waals surface area contributed by atoms with Gasteiger partial charge in [-0.2, -0.15) is 0 Å². The van der Waals surface area contributed by atoms with Crippen LogP contribution in [0.4, 0.5) is 11.5 Å². The molecule has 0 saturated carbocycles. The van der Waals surface area contributed by atoms with Crippen molar-refractivity contribution >= 4 is 23.3 Å². The molecule has 3 aromatic rings. The first-order chi connectivity index (χ1) is 11.7. The van der Waals surface area contributed by atoms with E-state index in [9.17, 15) is 0 Å². The number of benzene rings is 1. The van der Waals surface area contributed by atoms with Crippen LogP contribution in [0.25, 0.3) is 0 Å². The van der Waals surface area contributed by atoms with Gasteiger partial charge in [-0.3, -0.25) is 4.90 Å². The molecule has 1 aliphatic rings. The first-order valence-electron chi connectivity index (χ1n) is 7.61. The predicted octanol–water partition coefficient (Wildman–Crippen LogP) is 3.24. The van der Waals surface area contributed by atoms with E-state index < -0.39 is 0 Å². The van der Waals surface area contributed by atoms with Crippen molar-refractivity contribution in [3.8, 4) is 0 Å². The first kappa shape index (κ1) is 15.2. The molecule has 0 saturated heterocycles. The van der Waals surface area contributed by atoms with E-state index in [1.54, 1.807) is 31.3 Å². The predicted molar refractivity (Wildman–Crippen MR) is 92.7 cm³/mol. The van der Waals surface area contributed by atoms with Crippen LogP contribution in [0.1, 0.15) is 11.3 Å². The third-order valence-corrected chi connectivity index (χ3v) is 4.86. The summed E-state index contributed by atoms with van der Waals surface area (Å²) >= 11 is 1.64. The fourth-order valence-corrected chi connectivity index (χ4v) is 3.77. The highest BCUT2D eigenvalue weighted by Gasteiger charge is 2.25. The molecule has 7 heteroatoms. The number of ether oxygens (including phenoxy) is 1. The Morgan fingerprint density at radius 2 is 2.04 bits per heavy atom. The van der Waals surface area contributed by atoms with E-state index in [0.29, 0.717) is 6.73 Å². The van der Waals surface area contributed by atoms with E-state index in [1.807, 2.05) is 19.4 Å². The van der Waals surface area contributed by atoms with Crippen LogP contribution in [-0.4, -0.2) is 33.4 Å². The van der Waals surface area contributed by atoms with Gasteiger partial charge in [0.15, 0.2) is 5.82 Å². The summed E-state index contributed by atoms with van der Waals surface area (Å²) in [5, 5.41) is 0.903. The molecule has 0 aliphatic carbocycles. The summed E-state index contributed by atoms with van der Waals surface area (Å²) in [5.41, 5.74) is 3.33. The third-order valence-electron chi connectivity index (χ3n) is 3.81. The highest BCUT2D eigenvalue weighted by atomic mass is 32.2. The average molecular weight is 339 g/mol. The monoisotopic (exact) mass is 339 g/mol. The van der Waals surface area contributed by atoms with Gasteiger partial charge in [0, 0.05) is 37.1 Å². The van der Waals surface area contributed by atoms with Crippen molar-refractivity contribution in [2.24, 2.45) is 0 Å². The molecule has 3 heterocycles. The van der Waals surface area contributed by atoms with Crippen molar-refractivity contribution in [2.45, 2.75) is 23.4 Å². The van der Waals surface area contributed by atoms with Crippen molar-refractivity contribution in [3.05, 3.63) is 54.4 Å². The van der Waals surface area contributed by atoms with Crippen molar-refractivity contribution < 1.29 is 4.74 Å². The van der Waals surface area contributed by atoms with Gasteiger partial charge in [-0.15, -0.1) is 0 Å². The van der Waals surface area contributed by atoms with Crippen molar-refractivity contribution in [2.75, 3.05) is 18.7 Å². The Bertz CT molecular complexity index is 879. The Hall–Kier alpha value is -2.38. The molecule has 0 fully saturated rings. The Morgan fingerprint density at radius 3 is 2.83 bits per heavy atom. The number of hydrogen-bond acceptors (Lipinski definition) is 6. The molecule has 0 radical (unpaired) electrons. The van der Waals surface area contributed by atoms with Gasteiger partial charge in [-0.25, -0.2) is 15.0 Å². The van der Waals surface area contributed by atoms with Crippen LogP contribution in [-0.2, 0) is 11.3 Å². The summed E-state index contributed by atoms with van der Waals surface area (Å²) in [4.78, 5) is 16.4. The van der Waals surface area contributed by atoms with E-state index >= 15 is 0 Å². The Kier molecular flexibility index (Phi) is 3.95. The van der Waals surface area contributed by atoms with E-state index in [2.05, 4.69) is 42.6 Å². The van der Waals surface area contributed by atoms with E-state index in [-0.39, 0.29) is 0 Å². The highest BCUT2D eigenvalue weighted by Crippen LogP contribution is 2.46. The largest absolute Gasteiger partial charge is 0.364 e. The number of aryl methyl sites for hydroxylation is 1. The highest BCUT2D eigenvalue weighted by molar-refractivity contribution is 7.99. The molecule has 6 nitrogen and oxygen atoms in total. The van der Waals surface area contributed by atoms with Crippen LogP contribution in [0.2, 0.25) is 0 Å². The molecular weight excluding hydrogens is 322 g/mol. The normalized spacial score (nSPS) is 12.8. The third kappa shape index (κ3) is 2.76. The maximum atomic E-state index is 5.39. The van der Waals surface area contributed by atoms with Crippen molar-refractivity contribution in [1.82, 2.24) is 19.5 Å². The standard InChI is InChI=1S/C17H17N5OS/c1-12-8-21(10-20-12)9-13-3-4-15-14(7-13)22(11-23-2)16-17(24-15)19-6-5-18-16/h3-8,10H,9,11H2,1-2H3. The molecule has 0 N–H and O–H groups in total. The lowest BCUT2D eigenvalue weighted by molar-refractivity contribution is 0.204. The molecule has 0 bridgehead atoms. The fourth-order valence-electron chi connectivity index (χ4n) is 2.78. The Morgan fingerprint density at radius 1 is 1.17 bits per heavy atom. The molecular formula is C17H17N5OS. The summed E-state index contributed by atoms with van der Waals surface area (Å²) in [5.74, 6) is 0.840. The first-order valence-corrected chi connectivity index (χ1v) is 8.43. The van der Waals surface area contributed by atoms with Crippen molar-refractivity contribution in [1.29, 1.82) is 0 Å². The second kappa shape index (κ2) is 6.26. The van der Waals surface area contributed by atoms with E-state index in [0.717, 1.165) is 33.7 Å². The number of anilines is 2. The number of aromatic nitrogens is 4. The van der Waals surface area contributed by atoms with Crippen LogP contribution in [0.5, 0.6) is 0 Å². The zero-order valence-corrected chi connectivity index (χ0v) is 14.3. The van der Waals surface area contributed by atoms with Gasteiger partial charge >= 0.3 is 0 Å². The lowest BCUT2D eigenvalue weighted by Gasteiger charge is -2.30. The molecule has 0 unspecified atom stereocenters. The zero-order valence-electron chi connectivity index (χ0n) is 13.5. The summed E-state index contributed by atoms with van der Waals surface area (Å²) in [7, 11) is 1.69. The SMILES string of the molecule is COCN1c2cc(Cn3cnc(C)c3)ccc2Sc2nccnc21. The van der Waals surface area contributed by atoms with Gasteiger partial charge < -0.3 is 9.30 Å². The lowest BCUT2D eigenvalue weighted by atomic mass is 10.2. The number of imidazole rings is 1. The maximum Gasteiger partial charge on any atom is 0.168 e. The summed E-state index contributed by atoms with van der Waals surface area (Å²) in [6.07, 6.45) is 7.34. The topological polar surface area (TPSA) is 56.1 Å². The smallest absolute Gasteiger partial charge is 0.168 e. The van der Waals surface area contributed by atoms with Gasteiger partial charge in [0.1, 0.15) is 11.8 Å². The van der Waals surface area contributed by atoms with Crippen LogP contribution in [0.3, 0.4) is 0 Å². The molecule has 0 amide bonds. The maximum absolute atomic E-state index is 5.39. The Balaban J connectivity index is 1.71. The molecule has 1 aromatic carbocycles. The lowest BCUT2D eigenvalue weighted by Crippen LogP contribution is -2.24. The summed E-state index contributed by atoms with van der Waals surface area (Å²) < 4.78 is 7.47. The van der Waals surface area contributed by atoms with Gasteiger partial charge in [0.2, 0.25) is 0 Å². The molecule has 0 atom stereocenters. The minimum absolute atomic E-state index is 0.437. The number of hydrogen-bond donors (Lipinski definition) is 0. The number of nitrogens with zero attached hydrogens (tertiary/aromatic N) is 5. The Labute approximate surface area is 144 Å². The molecule has 2 aromatic heterocycles. The van der Waals surface area contributed by atoms with Crippen LogP contribution < -0.4 is 4.90 Å². The quantitative estimate of drug-likeness (QED) is 0.727. The van der Waals surface area contributed by atoms with Gasteiger partial charge in [-0.1, -0.05) is 17.8 Å². The molecule has 24 heavy (non-hydrogen) atoms. The van der Waals surface area contributed by atoms with Crippen LogP contribution >= 0.6 is 11.8 Å². The second-order valence-electron chi connectivity index (χ2n) is 5.62. The molecule has 4 rings (SSSR count). The zero-order chi connectivity index (χ0) is 16.5. The number of rotatable bonds is 4. The average Bonchev–Trinajstić information content (AvgIpc) is 3.00. The van der Waals surface area contributed by atoms with Crippen LogP contribution in [0, 0.1) is 6.92 Å². The number of fused-ring (bicyclic) bond motifs is 2. The summed E-state index contributed by atoms with van der Waals surface area (Å²) in [6, 6.07) is 6.47. The van der Waals surface area contributed by atoms with E-state index in [4.69, 9.17) is 4.74 Å². The minimum atomic E-state index is 0.437.